The smallest absolute Gasteiger partial charge is 0.123 e. The Kier molecular flexibility index (Phi) is 4.31. The molecule has 2 rings (SSSR count). The molecule has 0 aliphatic heterocycles. The van der Waals surface area contributed by atoms with Crippen molar-refractivity contribution in [1.29, 1.82) is 0 Å². The van der Waals surface area contributed by atoms with Crippen molar-refractivity contribution < 1.29 is 4.74 Å². The van der Waals surface area contributed by atoms with Crippen LogP contribution in [0.25, 0.3) is 0 Å². The molecule has 1 aliphatic carbocycles. The van der Waals surface area contributed by atoms with E-state index in [0.717, 1.165) is 12.4 Å². The lowest BCUT2D eigenvalue weighted by molar-refractivity contribution is 0.208. The largest absolute Gasteiger partial charge is 0.493 e. The molecule has 0 aromatic carbocycles. The Morgan fingerprint density at radius 1 is 1.41 bits per heavy atom. The highest BCUT2D eigenvalue weighted by Gasteiger charge is 2.14. The fourth-order valence-electron chi connectivity index (χ4n) is 2.20. The van der Waals surface area contributed by atoms with Crippen molar-refractivity contribution in [3.05, 3.63) is 24.0 Å². The van der Waals surface area contributed by atoms with Crippen molar-refractivity contribution in [3.63, 3.8) is 0 Å². The van der Waals surface area contributed by atoms with Crippen molar-refractivity contribution in [1.82, 2.24) is 4.98 Å². The van der Waals surface area contributed by atoms with Crippen molar-refractivity contribution in [2.75, 3.05) is 6.61 Å². The van der Waals surface area contributed by atoms with Crippen molar-refractivity contribution >= 4 is 17.2 Å². The minimum Gasteiger partial charge on any atom is -0.493 e. The molecule has 0 saturated heterocycles. The van der Waals surface area contributed by atoms with Gasteiger partial charge in [0.2, 0.25) is 0 Å². The summed E-state index contributed by atoms with van der Waals surface area (Å²) in [5.41, 5.74) is 6.16. The standard InChI is InChI=1S/C13H18N2OS/c14-13(17)12-8-11(6-7-15-12)16-9-10-4-2-1-3-5-10/h6-8,10H,1-5,9H2,(H2,14,17). The van der Waals surface area contributed by atoms with Crippen LogP contribution in [0.3, 0.4) is 0 Å². The van der Waals surface area contributed by atoms with E-state index in [9.17, 15) is 0 Å². The molecule has 0 radical (unpaired) electrons. The Balaban J connectivity index is 1.89. The van der Waals surface area contributed by atoms with Gasteiger partial charge in [-0.2, -0.15) is 0 Å². The molecule has 0 atom stereocenters. The summed E-state index contributed by atoms with van der Waals surface area (Å²) in [7, 11) is 0. The zero-order chi connectivity index (χ0) is 12.1. The van der Waals surface area contributed by atoms with Gasteiger partial charge >= 0.3 is 0 Å². The van der Waals surface area contributed by atoms with E-state index in [1.165, 1.54) is 32.1 Å². The number of nitrogens with two attached hydrogens (primary N) is 1. The molecule has 4 heteroatoms. The Hall–Kier alpha value is -1.16. The summed E-state index contributed by atoms with van der Waals surface area (Å²) in [6.07, 6.45) is 8.30. The van der Waals surface area contributed by atoms with Crippen molar-refractivity contribution in [2.24, 2.45) is 11.7 Å². The average Bonchev–Trinajstić information content (AvgIpc) is 2.38. The maximum absolute atomic E-state index is 5.78. The average molecular weight is 250 g/mol. The van der Waals surface area contributed by atoms with Crippen molar-refractivity contribution in [3.8, 4) is 5.75 Å². The van der Waals surface area contributed by atoms with E-state index in [1.54, 1.807) is 6.20 Å². The first-order valence-corrected chi connectivity index (χ1v) is 6.55. The number of thiocarbonyl (C=S) groups is 1. The van der Waals surface area contributed by atoms with Crippen molar-refractivity contribution in [2.45, 2.75) is 32.1 Å². The lowest BCUT2D eigenvalue weighted by Crippen LogP contribution is -2.16. The summed E-state index contributed by atoms with van der Waals surface area (Å²) in [6, 6.07) is 3.66. The number of nitrogens with zero attached hydrogens (tertiary/aromatic N) is 1. The second-order valence-electron chi connectivity index (χ2n) is 4.56. The monoisotopic (exact) mass is 250 g/mol. The number of hydrogen-bond donors (Lipinski definition) is 1. The first-order chi connectivity index (χ1) is 8.25. The Bertz CT molecular complexity index is 389. The molecular formula is C13H18N2OS. The maximum Gasteiger partial charge on any atom is 0.123 e. The molecule has 0 spiro atoms. The van der Waals surface area contributed by atoms with Gasteiger partial charge in [-0.15, -0.1) is 0 Å². The van der Waals surface area contributed by atoms with Crippen LogP contribution in [0.1, 0.15) is 37.8 Å². The third kappa shape index (κ3) is 3.66. The van der Waals surface area contributed by atoms with Crippen LogP contribution in [-0.4, -0.2) is 16.6 Å². The van der Waals surface area contributed by atoms with Crippen LogP contribution in [-0.2, 0) is 0 Å². The Morgan fingerprint density at radius 2 is 2.18 bits per heavy atom. The Morgan fingerprint density at radius 3 is 2.88 bits per heavy atom. The highest BCUT2D eigenvalue weighted by molar-refractivity contribution is 7.80. The van der Waals surface area contributed by atoms with Gasteiger partial charge in [-0.3, -0.25) is 4.98 Å². The quantitative estimate of drug-likeness (QED) is 0.835. The fraction of sp³-hybridized carbons (Fsp3) is 0.538. The van der Waals surface area contributed by atoms with E-state index in [0.29, 0.717) is 16.6 Å². The second-order valence-corrected chi connectivity index (χ2v) is 5.00. The zero-order valence-electron chi connectivity index (χ0n) is 9.89. The van der Waals surface area contributed by atoms with E-state index in [1.807, 2.05) is 12.1 Å². The summed E-state index contributed by atoms with van der Waals surface area (Å²) in [5, 5.41) is 0. The normalized spacial score (nSPS) is 16.7. The number of ether oxygens (including phenoxy) is 1. The van der Waals surface area contributed by atoms with E-state index in [4.69, 9.17) is 22.7 Å². The zero-order valence-corrected chi connectivity index (χ0v) is 10.7. The van der Waals surface area contributed by atoms with Crippen LogP contribution < -0.4 is 10.5 Å². The molecule has 1 aromatic heterocycles. The van der Waals surface area contributed by atoms with Gasteiger partial charge in [-0.05, 0) is 24.8 Å². The van der Waals surface area contributed by atoms with Crippen LogP contribution >= 0.6 is 12.2 Å². The molecular weight excluding hydrogens is 232 g/mol. The molecule has 0 bridgehead atoms. The summed E-state index contributed by atoms with van der Waals surface area (Å²) in [4.78, 5) is 4.40. The minimum absolute atomic E-state index is 0.313. The molecule has 2 N–H and O–H groups in total. The first-order valence-electron chi connectivity index (χ1n) is 6.14. The van der Waals surface area contributed by atoms with Gasteiger partial charge in [0.15, 0.2) is 0 Å². The van der Waals surface area contributed by atoms with Gasteiger partial charge in [0.1, 0.15) is 16.4 Å². The van der Waals surface area contributed by atoms with E-state index in [2.05, 4.69) is 4.98 Å². The molecule has 3 nitrogen and oxygen atoms in total. The number of hydrogen-bond acceptors (Lipinski definition) is 3. The predicted molar refractivity (Wildman–Crippen MR) is 72.2 cm³/mol. The highest BCUT2D eigenvalue weighted by Crippen LogP contribution is 2.24. The van der Waals surface area contributed by atoms with Gasteiger partial charge in [0.05, 0.1) is 6.61 Å². The van der Waals surface area contributed by atoms with Crippen LogP contribution in [0.5, 0.6) is 5.75 Å². The third-order valence-electron chi connectivity index (χ3n) is 3.19. The minimum atomic E-state index is 0.313. The van der Waals surface area contributed by atoms with Crippen LogP contribution in [0.4, 0.5) is 0 Å². The molecule has 0 unspecified atom stereocenters. The molecule has 92 valence electrons. The number of aromatic nitrogens is 1. The van der Waals surface area contributed by atoms with Gasteiger partial charge in [0.25, 0.3) is 0 Å². The summed E-state index contributed by atoms with van der Waals surface area (Å²) >= 11 is 4.89. The third-order valence-corrected chi connectivity index (χ3v) is 3.40. The van der Waals surface area contributed by atoms with Gasteiger partial charge in [-0.1, -0.05) is 31.5 Å². The summed E-state index contributed by atoms with van der Waals surface area (Å²) in [6.45, 7) is 0.792. The van der Waals surface area contributed by atoms with Crippen LogP contribution in [0, 0.1) is 5.92 Å². The van der Waals surface area contributed by atoms with Gasteiger partial charge in [0, 0.05) is 12.3 Å². The van der Waals surface area contributed by atoms with Gasteiger partial charge in [-0.25, -0.2) is 0 Å². The van der Waals surface area contributed by atoms with Crippen LogP contribution in [0.15, 0.2) is 18.3 Å². The lowest BCUT2D eigenvalue weighted by Gasteiger charge is -2.21. The number of pyridine rings is 1. The van der Waals surface area contributed by atoms with Crippen LogP contribution in [0.2, 0.25) is 0 Å². The van der Waals surface area contributed by atoms with E-state index >= 15 is 0 Å². The maximum atomic E-state index is 5.78. The van der Waals surface area contributed by atoms with E-state index in [-0.39, 0.29) is 0 Å². The predicted octanol–water partition coefficient (Wildman–Crippen LogP) is 2.67. The Labute approximate surface area is 107 Å². The molecule has 1 heterocycles. The molecule has 1 fully saturated rings. The lowest BCUT2D eigenvalue weighted by atomic mass is 9.90. The second kappa shape index (κ2) is 5.96. The molecule has 0 amide bonds. The highest BCUT2D eigenvalue weighted by atomic mass is 32.1. The molecule has 1 aromatic rings. The fourth-order valence-corrected chi connectivity index (χ4v) is 2.32. The topological polar surface area (TPSA) is 48.1 Å². The van der Waals surface area contributed by atoms with Gasteiger partial charge < -0.3 is 10.5 Å². The summed E-state index contributed by atoms with van der Waals surface area (Å²) < 4.78 is 5.78. The first kappa shape index (κ1) is 12.3. The SMILES string of the molecule is NC(=S)c1cc(OCC2CCCCC2)ccn1. The summed E-state index contributed by atoms with van der Waals surface area (Å²) in [5.74, 6) is 1.51. The molecule has 17 heavy (non-hydrogen) atoms. The van der Waals surface area contributed by atoms with E-state index < -0.39 is 0 Å². The number of rotatable bonds is 4. The molecule has 1 saturated carbocycles. The molecule has 1 aliphatic rings.